The molecule has 0 aliphatic heterocycles. The maximum atomic E-state index is 12.2. The number of nitrogens with zero attached hydrogens (tertiary/aromatic N) is 4. The number of ether oxygens (including phenoxy) is 3. The molecule has 0 saturated heterocycles. The highest BCUT2D eigenvalue weighted by molar-refractivity contribution is 5.91. The Morgan fingerprint density at radius 3 is 2.60 bits per heavy atom. The Bertz CT molecular complexity index is 1660. The van der Waals surface area contributed by atoms with E-state index in [9.17, 15) is 4.79 Å². The lowest BCUT2D eigenvalue weighted by Gasteiger charge is -2.12. The highest BCUT2D eigenvalue weighted by Gasteiger charge is 2.16. The number of carbonyl (C=O) groups is 1. The predicted molar refractivity (Wildman–Crippen MR) is 153 cm³/mol. The number of hydroxylamine groups is 2. The van der Waals surface area contributed by atoms with Crippen molar-refractivity contribution in [1.29, 1.82) is 0 Å². The van der Waals surface area contributed by atoms with Crippen molar-refractivity contribution in [2.75, 3.05) is 21.3 Å². The first-order valence-corrected chi connectivity index (χ1v) is 13.0. The fourth-order valence-electron chi connectivity index (χ4n) is 3.95. The molecule has 11 nitrogen and oxygen atoms in total. The highest BCUT2D eigenvalue weighted by atomic mass is 16.7. The summed E-state index contributed by atoms with van der Waals surface area (Å²) in [5.74, 6) is 2.70. The monoisotopic (exact) mass is 570 g/mol. The number of oxazole rings is 1. The van der Waals surface area contributed by atoms with E-state index in [-0.39, 0.29) is 19.1 Å². The van der Waals surface area contributed by atoms with Gasteiger partial charge >= 0.3 is 0 Å². The van der Waals surface area contributed by atoms with Gasteiger partial charge in [-0.1, -0.05) is 24.3 Å². The summed E-state index contributed by atoms with van der Waals surface area (Å²) in [5.41, 5.74) is 2.96. The predicted octanol–water partition coefficient (Wildman–Crippen LogP) is 5.63. The maximum absolute atomic E-state index is 12.2. The van der Waals surface area contributed by atoms with Crippen molar-refractivity contribution in [2.45, 2.75) is 20.1 Å². The van der Waals surface area contributed by atoms with E-state index < -0.39 is 0 Å². The molecule has 0 atom stereocenters. The second-order valence-corrected chi connectivity index (χ2v) is 9.08. The average molecular weight is 571 g/mol. The summed E-state index contributed by atoms with van der Waals surface area (Å²) < 4.78 is 30.5. The van der Waals surface area contributed by atoms with Crippen molar-refractivity contribution in [3.8, 4) is 34.7 Å². The minimum absolute atomic E-state index is 0.186. The second-order valence-electron chi connectivity index (χ2n) is 9.08. The molecule has 5 aromatic rings. The fraction of sp³-hybridized carbons (Fsp3) is 0.194. The summed E-state index contributed by atoms with van der Waals surface area (Å²) in [6, 6.07) is 18.7. The molecule has 0 bridgehead atoms. The van der Waals surface area contributed by atoms with Gasteiger partial charge in [0.1, 0.15) is 24.7 Å². The van der Waals surface area contributed by atoms with Gasteiger partial charge in [0.2, 0.25) is 5.88 Å². The number of rotatable bonds is 12. The van der Waals surface area contributed by atoms with Crippen LogP contribution in [0.4, 0.5) is 0 Å². The van der Waals surface area contributed by atoms with Gasteiger partial charge in [-0.05, 0) is 55.0 Å². The number of carbonyl (C=O) groups excluding carboxylic acids is 1. The molecule has 216 valence electrons. The van der Waals surface area contributed by atoms with Crippen molar-refractivity contribution in [2.24, 2.45) is 0 Å². The molecule has 0 aliphatic carbocycles. The molecule has 0 fully saturated rings. The molecule has 0 saturated carbocycles. The Labute approximate surface area is 242 Å². The SMILES string of the molecule is COc1cc(COc2nn(-c3ccccc3)cc2/C=C/C(=O)N(C)OC)ccc1OCc1nc(-c2ccco2)oc1C. The van der Waals surface area contributed by atoms with Crippen molar-refractivity contribution in [3.63, 3.8) is 0 Å². The third-order valence-corrected chi connectivity index (χ3v) is 6.31. The number of aryl methyl sites for hydroxylation is 1. The molecule has 0 N–H and O–H groups in total. The van der Waals surface area contributed by atoms with E-state index in [1.807, 2.05) is 55.5 Å². The van der Waals surface area contributed by atoms with E-state index in [0.717, 1.165) is 16.3 Å². The number of benzene rings is 2. The minimum Gasteiger partial charge on any atom is -0.493 e. The van der Waals surface area contributed by atoms with Gasteiger partial charge in [0, 0.05) is 19.3 Å². The largest absolute Gasteiger partial charge is 0.493 e. The number of aromatic nitrogens is 3. The summed E-state index contributed by atoms with van der Waals surface area (Å²) in [4.78, 5) is 21.7. The van der Waals surface area contributed by atoms with Gasteiger partial charge in [-0.3, -0.25) is 9.63 Å². The lowest BCUT2D eigenvalue weighted by Crippen LogP contribution is -2.22. The van der Waals surface area contributed by atoms with Crippen molar-refractivity contribution in [3.05, 3.63) is 102 Å². The highest BCUT2D eigenvalue weighted by Crippen LogP contribution is 2.31. The Kier molecular flexibility index (Phi) is 8.69. The summed E-state index contributed by atoms with van der Waals surface area (Å²) in [5, 5.41) is 5.72. The van der Waals surface area contributed by atoms with E-state index >= 15 is 0 Å². The molecule has 11 heteroatoms. The number of furan rings is 1. The Morgan fingerprint density at radius 1 is 1.02 bits per heavy atom. The molecule has 0 radical (unpaired) electrons. The zero-order valence-corrected chi connectivity index (χ0v) is 23.6. The Morgan fingerprint density at radius 2 is 1.86 bits per heavy atom. The third kappa shape index (κ3) is 6.53. The Hall–Kier alpha value is -5.29. The van der Waals surface area contributed by atoms with Gasteiger partial charge in [-0.15, -0.1) is 5.10 Å². The molecule has 2 aromatic carbocycles. The molecule has 42 heavy (non-hydrogen) atoms. The minimum atomic E-state index is -0.325. The molecule has 0 spiro atoms. The van der Waals surface area contributed by atoms with Crippen LogP contribution in [0, 0.1) is 6.92 Å². The van der Waals surface area contributed by atoms with Crippen LogP contribution in [0.2, 0.25) is 0 Å². The molecule has 5 rings (SSSR count). The Balaban J connectivity index is 1.30. The first-order valence-electron chi connectivity index (χ1n) is 13.0. The van der Waals surface area contributed by atoms with E-state index in [1.54, 1.807) is 42.5 Å². The first-order chi connectivity index (χ1) is 20.4. The number of hydrogen-bond donors (Lipinski definition) is 0. The van der Waals surface area contributed by atoms with Crippen LogP contribution in [0.15, 0.2) is 88.0 Å². The number of para-hydroxylation sites is 1. The summed E-state index contributed by atoms with van der Waals surface area (Å²) in [6.07, 6.45) is 6.39. The molecule has 3 heterocycles. The van der Waals surface area contributed by atoms with E-state index in [4.69, 9.17) is 27.9 Å². The number of amides is 1. The van der Waals surface area contributed by atoms with Crippen LogP contribution in [0.3, 0.4) is 0 Å². The number of methoxy groups -OCH3 is 1. The van der Waals surface area contributed by atoms with Crippen LogP contribution in [0.25, 0.3) is 23.4 Å². The topological polar surface area (TPSA) is 114 Å². The molecule has 3 aromatic heterocycles. The molecule has 0 aliphatic rings. The van der Waals surface area contributed by atoms with Crippen molar-refractivity contribution < 1.29 is 32.7 Å². The molecular formula is C31H30N4O7. The quantitative estimate of drug-likeness (QED) is 0.139. The van der Waals surface area contributed by atoms with E-state index in [0.29, 0.717) is 46.0 Å². The van der Waals surface area contributed by atoms with Gasteiger partial charge in [0.15, 0.2) is 17.3 Å². The normalized spacial score (nSPS) is 11.1. The summed E-state index contributed by atoms with van der Waals surface area (Å²) in [7, 11) is 4.52. The molecule has 1 amide bonds. The van der Waals surface area contributed by atoms with E-state index in [1.165, 1.54) is 20.2 Å². The third-order valence-electron chi connectivity index (χ3n) is 6.31. The zero-order valence-electron chi connectivity index (χ0n) is 23.6. The summed E-state index contributed by atoms with van der Waals surface area (Å²) >= 11 is 0. The van der Waals surface area contributed by atoms with Crippen LogP contribution >= 0.6 is 0 Å². The lowest BCUT2D eigenvalue weighted by atomic mass is 10.2. The number of hydrogen-bond acceptors (Lipinski definition) is 9. The smallest absolute Gasteiger partial charge is 0.269 e. The maximum Gasteiger partial charge on any atom is 0.269 e. The van der Waals surface area contributed by atoms with Crippen molar-refractivity contribution >= 4 is 12.0 Å². The van der Waals surface area contributed by atoms with Gasteiger partial charge in [0.05, 0.1) is 31.7 Å². The van der Waals surface area contributed by atoms with Crippen LogP contribution < -0.4 is 14.2 Å². The molecular weight excluding hydrogens is 540 g/mol. The molecule has 0 unspecified atom stereocenters. The lowest BCUT2D eigenvalue weighted by molar-refractivity contribution is -0.162. The fourth-order valence-corrected chi connectivity index (χ4v) is 3.95. The average Bonchev–Trinajstić information content (AvgIpc) is 3.78. The second kappa shape index (κ2) is 12.9. The van der Waals surface area contributed by atoms with Gasteiger partial charge < -0.3 is 23.0 Å². The first kappa shape index (κ1) is 28.2. The van der Waals surface area contributed by atoms with Gasteiger partial charge in [-0.25, -0.2) is 14.7 Å². The van der Waals surface area contributed by atoms with Crippen LogP contribution in [0.1, 0.15) is 22.6 Å². The zero-order chi connectivity index (χ0) is 29.5. The van der Waals surface area contributed by atoms with Crippen molar-refractivity contribution in [1.82, 2.24) is 19.8 Å². The van der Waals surface area contributed by atoms with Crippen LogP contribution in [0.5, 0.6) is 17.4 Å². The standard InChI is InChI=1S/C31H30N4O7/c1-21-25(32-31(42-21)27-11-8-16-39-27)20-40-26-14-12-22(17-28(26)37-3)19-41-30-23(13-15-29(36)34(2)38-4)18-35(33-30)24-9-6-5-7-10-24/h5-18H,19-20H2,1-4H3/b15-13+. The van der Waals surface area contributed by atoms with Gasteiger partial charge in [0.25, 0.3) is 11.8 Å². The summed E-state index contributed by atoms with van der Waals surface area (Å²) in [6.45, 7) is 2.21. The van der Waals surface area contributed by atoms with E-state index in [2.05, 4.69) is 10.1 Å². The number of likely N-dealkylation sites (N-methyl/N-ethyl adjacent to an activating group) is 1. The van der Waals surface area contributed by atoms with Crippen LogP contribution in [-0.2, 0) is 22.8 Å². The van der Waals surface area contributed by atoms with Gasteiger partial charge in [-0.2, -0.15) is 0 Å². The van der Waals surface area contributed by atoms with Crippen LogP contribution in [-0.4, -0.2) is 47.0 Å².